The number of likely N-dealkylation sites (N-methyl/N-ethyl adjacent to an activating group) is 1. The Morgan fingerprint density at radius 3 is 1.58 bits per heavy atom. The van der Waals surface area contributed by atoms with Crippen molar-refractivity contribution in [1.29, 1.82) is 0 Å². The van der Waals surface area contributed by atoms with Crippen molar-refractivity contribution >= 4 is 11.4 Å². The van der Waals surface area contributed by atoms with Gasteiger partial charge in [-0.25, -0.2) is 0 Å². The van der Waals surface area contributed by atoms with Crippen LogP contribution in [0, 0.1) is 6.08 Å². The summed E-state index contributed by atoms with van der Waals surface area (Å²) in [6.45, 7) is 16.0. The zero-order valence-electron chi connectivity index (χ0n) is 21.3. The molecule has 0 spiro atoms. The molecule has 3 nitrogen and oxygen atoms in total. The Morgan fingerprint density at radius 1 is 0.636 bits per heavy atom. The van der Waals surface area contributed by atoms with E-state index in [2.05, 4.69) is 129 Å². The van der Waals surface area contributed by atoms with Crippen LogP contribution in [0.2, 0.25) is 0 Å². The van der Waals surface area contributed by atoms with Gasteiger partial charge in [0.25, 0.3) is 0 Å². The van der Waals surface area contributed by atoms with Gasteiger partial charge in [-0.15, -0.1) is 0 Å². The molecule has 3 heteroatoms. The highest BCUT2D eigenvalue weighted by Crippen LogP contribution is 2.36. The van der Waals surface area contributed by atoms with Gasteiger partial charge >= 0.3 is 0 Å². The maximum atomic E-state index is 3.56. The van der Waals surface area contributed by atoms with Crippen LogP contribution in [0.15, 0.2) is 78.0 Å². The van der Waals surface area contributed by atoms with Gasteiger partial charge in [-0.1, -0.05) is 24.3 Å². The lowest BCUT2D eigenvalue weighted by Crippen LogP contribution is -2.22. The average molecular weight is 443 g/mol. The van der Waals surface area contributed by atoms with Crippen LogP contribution in [0.5, 0.6) is 0 Å². The Hall–Kier alpha value is -3.03. The summed E-state index contributed by atoms with van der Waals surface area (Å²) < 4.78 is 0. The second-order valence-corrected chi connectivity index (χ2v) is 8.48. The number of nitrogens with zero attached hydrogens (tertiary/aromatic N) is 3. The molecule has 1 aliphatic rings. The highest BCUT2D eigenvalue weighted by atomic mass is 15.1. The van der Waals surface area contributed by atoms with Crippen LogP contribution in [-0.4, -0.2) is 44.7 Å². The van der Waals surface area contributed by atoms with Crippen LogP contribution < -0.4 is 9.80 Å². The number of hydrogen-bond donors (Lipinski definition) is 0. The second kappa shape index (κ2) is 11.7. The Bertz CT molecular complexity index is 959. The van der Waals surface area contributed by atoms with Crippen LogP contribution in [0.25, 0.3) is 0 Å². The SMILES string of the molecule is CCN(CC)C1=[C+]C=C(C(c2ccc(N(C)CC)cc2)c2ccc(N(CC)CC)cc2)C=C1. The van der Waals surface area contributed by atoms with Crippen molar-refractivity contribution in [3.63, 3.8) is 0 Å². The molecule has 174 valence electrons. The van der Waals surface area contributed by atoms with E-state index in [4.69, 9.17) is 0 Å². The van der Waals surface area contributed by atoms with Crippen molar-refractivity contribution in [1.82, 2.24) is 4.90 Å². The predicted octanol–water partition coefficient (Wildman–Crippen LogP) is 6.65. The van der Waals surface area contributed by atoms with Gasteiger partial charge in [0, 0.05) is 51.1 Å². The van der Waals surface area contributed by atoms with Crippen LogP contribution >= 0.6 is 0 Å². The molecule has 0 fully saturated rings. The summed E-state index contributed by atoms with van der Waals surface area (Å²) in [5.41, 5.74) is 7.60. The topological polar surface area (TPSA) is 9.72 Å². The first-order valence-corrected chi connectivity index (χ1v) is 12.5. The van der Waals surface area contributed by atoms with E-state index in [1.165, 1.54) is 33.8 Å². The highest BCUT2D eigenvalue weighted by Gasteiger charge is 2.25. The molecular formula is C30H40N3+. The summed E-state index contributed by atoms with van der Waals surface area (Å²) in [5, 5.41) is 0. The minimum absolute atomic E-state index is 0.179. The van der Waals surface area contributed by atoms with Gasteiger partial charge in [-0.2, -0.15) is 0 Å². The zero-order valence-corrected chi connectivity index (χ0v) is 21.3. The summed E-state index contributed by atoms with van der Waals surface area (Å²) in [4.78, 5) is 7.00. The maximum Gasteiger partial charge on any atom is 0.205 e. The fraction of sp³-hybridized carbons (Fsp3) is 0.400. The van der Waals surface area contributed by atoms with Crippen LogP contribution in [0.1, 0.15) is 51.7 Å². The van der Waals surface area contributed by atoms with E-state index >= 15 is 0 Å². The molecule has 1 aliphatic carbocycles. The fourth-order valence-electron chi connectivity index (χ4n) is 4.52. The maximum absolute atomic E-state index is 3.56. The summed E-state index contributed by atoms with van der Waals surface area (Å²) in [5.74, 6) is 0.179. The van der Waals surface area contributed by atoms with Crippen LogP contribution in [0.3, 0.4) is 0 Å². The Kier molecular flexibility index (Phi) is 8.74. The number of rotatable bonds is 11. The molecule has 0 N–H and O–H groups in total. The lowest BCUT2D eigenvalue weighted by Gasteiger charge is -2.23. The largest absolute Gasteiger partial charge is 0.375 e. The van der Waals surface area contributed by atoms with Gasteiger partial charge in [0.15, 0.2) is 0 Å². The van der Waals surface area contributed by atoms with Crippen molar-refractivity contribution in [3.05, 3.63) is 95.2 Å². The van der Waals surface area contributed by atoms with Gasteiger partial charge < -0.3 is 14.7 Å². The number of allylic oxidation sites excluding steroid dienone is 5. The third kappa shape index (κ3) is 5.67. The van der Waals surface area contributed by atoms with E-state index in [1.54, 1.807) is 0 Å². The first-order chi connectivity index (χ1) is 16.1. The van der Waals surface area contributed by atoms with Crippen LogP contribution in [0.4, 0.5) is 11.4 Å². The molecule has 2 aromatic carbocycles. The molecule has 0 radical (unpaired) electrons. The van der Waals surface area contributed by atoms with Crippen molar-refractivity contribution in [2.45, 2.75) is 40.5 Å². The van der Waals surface area contributed by atoms with Gasteiger partial charge in [0.2, 0.25) is 5.70 Å². The number of anilines is 2. The Labute approximate surface area is 201 Å². The molecule has 0 bridgehead atoms. The molecule has 0 aliphatic heterocycles. The van der Waals surface area contributed by atoms with E-state index < -0.39 is 0 Å². The minimum atomic E-state index is 0.179. The number of benzene rings is 2. The van der Waals surface area contributed by atoms with E-state index in [-0.39, 0.29) is 5.92 Å². The first kappa shape index (κ1) is 24.6. The smallest absolute Gasteiger partial charge is 0.205 e. The fourth-order valence-corrected chi connectivity index (χ4v) is 4.52. The molecular weight excluding hydrogens is 402 g/mol. The van der Waals surface area contributed by atoms with Gasteiger partial charge in [0.1, 0.15) is 6.08 Å². The third-order valence-corrected chi connectivity index (χ3v) is 6.75. The van der Waals surface area contributed by atoms with Gasteiger partial charge in [0.05, 0.1) is 29.7 Å². The lowest BCUT2D eigenvalue weighted by molar-refractivity contribution is 0.392. The van der Waals surface area contributed by atoms with E-state index in [0.717, 1.165) is 32.7 Å². The summed E-state index contributed by atoms with van der Waals surface area (Å²) in [6.07, 6.45) is 10.2. The molecule has 0 heterocycles. The molecule has 1 unspecified atom stereocenters. The monoisotopic (exact) mass is 442 g/mol. The first-order valence-electron chi connectivity index (χ1n) is 12.5. The van der Waals surface area contributed by atoms with Crippen molar-refractivity contribution in [3.8, 4) is 0 Å². The molecule has 0 aromatic heterocycles. The van der Waals surface area contributed by atoms with E-state index in [1.807, 2.05) is 0 Å². The summed E-state index contributed by atoms with van der Waals surface area (Å²) in [7, 11) is 2.14. The standard InChI is InChI=1S/C30H40N3/c1-7-31(6)27-18-12-24(13-19-27)30(25-14-20-28(21-15-25)32(8-2)9-3)26-16-22-29(23-17-26)33(10-4)11-5/h12-22,30H,7-11H2,1-6H3/q+1. The van der Waals surface area contributed by atoms with E-state index in [9.17, 15) is 0 Å². The summed E-state index contributed by atoms with van der Waals surface area (Å²) >= 11 is 0. The van der Waals surface area contributed by atoms with Gasteiger partial charge in [-0.3, -0.25) is 0 Å². The molecule has 3 rings (SSSR count). The Morgan fingerprint density at radius 2 is 1.15 bits per heavy atom. The zero-order chi connectivity index (χ0) is 23.8. The van der Waals surface area contributed by atoms with Crippen LogP contribution in [-0.2, 0) is 0 Å². The predicted molar refractivity (Wildman–Crippen MR) is 144 cm³/mol. The highest BCUT2D eigenvalue weighted by molar-refractivity contribution is 5.55. The molecule has 2 aromatic rings. The number of hydrogen-bond acceptors (Lipinski definition) is 3. The molecule has 0 saturated carbocycles. The second-order valence-electron chi connectivity index (χ2n) is 8.48. The van der Waals surface area contributed by atoms with Gasteiger partial charge in [-0.05, 0) is 70.0 Å². The van der Waals surface area contributed by atoms with Crippen molar-refractivity contribution in [2.24, 2.45) is 0 Å². The molecule has 0 amide bonds. The normalized spacial score (nSPS) is 13.6. The molecule has 0 saturated heterocycles. The quantitative estimate of drug-likeness (QED) is 0.361. The Balaban J connectivity index is 2.00. The minimum Gasteiger partial charge on any atom is -0.375 e. The van der Waals surface area contributed by atoms with Crippen molar-refractivity contribution in [2.75, 3.05) is 49.6 Å². The average Bonchev–Trinajstić information content (AvgIpc) is 2.87. The molecule has 1 atom stereocenters. The lowest BCUT2D eigenvalue weighted by atomic mass is 9.83. The summed E-state index contributed by atoms with van der Waals surface area (Å²) in [6, 6.07) is 18.2. The van der Waals surface area contributed by atoms with E-state index in [0.29, 0.717) is 0 Å². The molecule has 33 heavy (non-hydrogen) atoms. The van der Waals surface area contributed by atoms with Crippen molar-refractivity contribution < 1.29 is 0 Å². The third-order valence-electron chi connectivity index (χ3n) is 6.75.